The lowest BCUT2D eigenvalue weighted by molar-refractivity contribution is -0.134. The highest BCUT2D eigenvalue weighted by molar-refractivity contribution is 6.07. The van der Waals surface area contributed by atoms with Gasteiger partial charge in [-0.1, -0.05) is 13.8 Å². The van der Waals surface area contributed by atoms with Crippen LogP contribution in [0.4, 0.5) is 4.79 Å². The summed E-state index contributed by atoms with van der Waals surface area (Å²) in [5.41, 5.74) is -0.618. The van der Waals surface area contributed by atoms with Crippen LogP contribution in [0.5, 0.6) is 0 Å². The molecule has 0 aromatic heterocycles. The summed E-state index contributed by atoms with van der Waals surface area (Å²) in [5.74, 6) is -0.0119. The standard InChI is InChI=1S/C11H18N2O2/c1-3-11(4-2)9(14)13(10(15)12-11)8-6-5-7-8/h8H,3-7H2,1-2H3,(H,12,15). The van der Waals surface area contributed by atoms with Crippen molar-refractivity contribution in [2.75, 3.05) is 0 Å². The highest BCUT2D eigenvalue weighted by Gasteiger charge is 2.51. The number of imide groups is 1. The molecule has 2 aliphatic rings. The van der Waals surface area contributed by atoms with Gasteiger partial charge < -0.3 is 5.32 Å². The Hall–Kier alpha value is -1.06. The van der Waals surface area contributed by atoms with E-state index in [-0.39, 0.29) is 18.0 Å². The number of amides is 3. The molecule has 84 valence electrons. The van der Waals surface area contributed by atoms with E-state index in [0.29, 0.717) is 12.8 Å². The second-order valence-electron chi connectivity index (χ2n) is 4.48. The third-order valence-electron chi connectivity index (χ3n) is 3.84. The number of hydrogen-bond donors (Lipinski definition) is 1. The van der Waals surface area contributed by atoms with Crippen LogP contribution in [0, 0.1) is 0 Å². The van der Waals surface area contributed by atoms with Gasteiger partial charge in [-0.05, 0) is 32.1 Å². The van der Waals surface area contributed by atoms with Gasteiger partial charge in [0.05, 0.1) is 0 Å². The molecule has 0 aromatic rings. The maximum atomic E-state index is 12.2. The molecule has 2 fully saturated rings. The lowest BCUT2D eigenvalue weighted by Crippen LogP contribution is -2.48. The lowest BCUT2D eigenvalue weighted by atomic mass is 9.89. The molecule has 0 unspecified atom stereocenters. The number of nitrogens with one attached hydrogen (secondary N) is 1. The highest BCUT2D eigenvalue weighted by Crippen LogP contribution is 2.32. The van der Waals surface area contributed by atoms with Crippen LogP contribution in [0.1, 0.15) is 46.0 Å². The molecule has 15 heavy (non-hydrogen) atoms. The maximum absolute atomic E-state index is 12.2. The van der Waals surface area contributed by atoms with Gasteiger partial charge in [-0.15, -0.1) is 0 Å². The van der Waals surface area contributed by atoms with Gasteiger partial charge in [-0.25, -0.2) is 4.79 Å². The predicted molar refractivity (Wildman–Crippen MR) is 56.3 cm³/mol. The fourth-order valence-electron chi connectivity index (χ4n) is 2.35. The van der Waals surface area contributed by atoms with Gasteiger partial charge in [-0.3, -0.25) is 9.69 Å². The molecule has 0 atom stereocenters. The first-order valence-corrected chi connectivity index (χ1v) is 5.80. The molecular weight excluding hydrogens is 192 g/mol. The summed E-state index contributed by atoms with van der Waals surface area (Å²) in [5, 5.41) is 2.85. The van der Waals surface area contributed by atoms with Crippen molar-refractivity contribution in [3.8, 4) is 0 Å². The van der Waals surface area contributed by atoms with Crippen LogP contribution in [0.3, 0.4) is 0 Å². The second-order valence-corrected chi connectivity index (χ2v) is 4.48. The minimum Gasteiger partial charge on any atom is -0.323 e. The quantitative estimate of drug-likeness (QED) is 0.720. The largest absolute Gasteiger partial charge is 0.325 e. The zero-order valence-corrected chi connectivity index (χ0v) is 9.38. The molecule has 0 radical (unpaired) electrons. The van der Waals surface area contributed by atoms with Crippen LogP contribution in [0.15, 0.2) is 0 Å². The van der Waals surface area contributed by atoms with Crippen molar-refractivity contribution in [1.82, 2.24) is 10.2 Å². The summed E-state index contributed by atoms with van der Waals surface area (Å²) in [6.45, 7) is 3.90. The first-order valence-electron chi connectivity index (χ1n) is 5.80. The number of carbonyl (C=O) groups excluding carboxylic acids is 2. The third kappa shape index (κ3) is 1.34. The van der Waals surface area contributed by atoms with Crippen molar-refractivity contribution in [3.63, 3.8) is 0 Å². The molecule has 3 amide bonds. The van der Waals surface area contributed by atoms with Crippen molar-refractivity contribution >= 4 is 11.9 Å². The van der Waals surface area contributed by atoms with Crippen LogP contribution in [-0.4, -0.2) is 28.4 Å². The fraction of sp³-hybridized carbons (Fsp3) is 0.818. The zero-order chi connectivity index (χ0) is 11.1. The summed E-state index contributed by atoms with van der Waals surface area (Å²) in [7, 11) is 0. The van der Waals surface area contributed by atoms with E-state index >= 15 is 0 Å². The maximum Gasteiger partial charge on any atom is 0.325 e. The Morgan fingerprint density at radius 2 is 1.93 bits per heavy atom. The highest BCUT2D eigenvalue weighted by atomic mass is 16.2. The molecule has 1 heterocycles. The van der Waals surface area contributed by atoms with Crippen LogP contribution in [0.2, 0.25) is 0 Å². The Bertz CT molecular complexity index is 293. The summed E-state index contributed by atoms with van der Waals surface area (Å²) in [4.78, 5) is 25.4. The van der Waals surface area contributed by atoms with Gasteiger partial charge in [0.1, 0.15) is 5.54 Å². The lowest BCUT2D eigenvalue weighted by Gasteiger charge is -2.33. The van der Waals surface area contributed by atoms with Crippen molar-refractivity contribution < 1.29 is 9.59 Å². The minimum absolute atomic E-state index is 0.0119. The van der Waals surface area contributed by atoms with Crippen LogP contribution >= 0.6 is 0 Å². The summed E-state index contributed by atoms with van der Waals surface area (Å²) in [6, 6.07) is -0.0223. The average Bonchev–Trinajstić information content (AvgIpc) is 2.40. The minimum atomic E-state index is -0.618. The average molecular weight is 210 g/mol. The summed E-state index contributed by atoms with van der Waals surface area (Å²) < 4.78 is 0. The van der Waals surface area contributed by atoms with Crippen molar-refractivity contribution in [2.24, 2.45) is 0 Å². The van der Waals surface area contributed by atoms with E-state index in [1.54, 1.807) is 0 Å². The first kappa shape index (κ1) is 10.5. The van der Waals surface area contributed by atoms with Gasteiger partial charge >= 0.3 is 6.03 Å². The Balaban J connectivity index is 2.21. The number of rotatable bonds is 3. The molecule has 1 N–H and O–H groups in total. The Morgan fingerprint density at radius 3 is 2.27 bits per heavy atom. The van der Waals surface area contributed by atoms with E-state index in [1.165, 1.54) is 4.90 Å². The zero-order valence-electron chi connectivity index (χ0n) is 9.38. The molecular formula is C11H18N2O2. The number of nitrogens with zero attached hydrogens (tertiary/aromatic N) is 1. The van der Waals surface area contributed by atoms with Crippen LogP contribution in [0.25, 0.3) is 0 Å². The van der Waals surface area contributed by atoms with E-state index in [0.717, 1.165) is 19.3 Å². The first-order chi connectivity index (χ1) is 7.14. The Kier molecular flexibility index (Phi) is 2.44. The van der Waals surface area contributed by atoms with E-state index in [9.17, 15) is 9.59 Å². The van der Waals surface area contributed by atoms with Gasteiger partial charge in [0.2, 0.25) is 0 Å². The number of hydrogen-bond acceptors (Lipinski definition) is 2. The molecule has 1 saturated carbocycles. The molecule has 0 spiro atoms. The SMILES string of the molecule is CCC1(CC)NC(=O)N(C2CCC2)C1=O. The van der Waals surface area contributed by atoms with Crippen LogP contribution < -0.4 is 5.32 Å². The van der Waals surface area contributed by atoms with Crippen molar-refractivity contribution in [3.05, 3.63) is 0 Å². The van der Waals surface area contributed by atoms with Gasteiger partial charge in [-0.2, -0.15) is 0 Å². The summed E-state index contributed by atoms with van der Waals surface area (Å²) in [6.07, 6.45) is 4.44. The number of urea groups is 1. The topological polar surface area (TPSA) is 49.4 Å². The fourth-order valence-corrected chi connectivity index (χ4v) is 2.35. The summed E-state index contributed by atoms with van der Waals surface area (Å²) >= 11 is 0. The van der Waals surface area contributed by atoms with Gasteiger partial charge in [0, 0.05) is 6.04 Å². The Labute approximate surface area is 90.0 Å². The third-order valence-corrected chi connectivity index (χ3v) is 3.84. The molecule has 1 aliphatic carbocycles. The van der Waals surface area contributed by atoms with E-state index in [1.807, 2.05) is 13.8 Å². The second kappa shape index (κ2) is 3.51. The van der Waals surface area contributed by atoms with Gasteiger partial charge in [0.25, 0.3) is 5.91 Å². The smallest absolute Gasteiger partial charge is 0.323 e. The molecule has 0 aromatic carbocycles. The predicted octanol–water partition coefficient (Wildman–Crippen LogP) is 1.65. The molecule has 2 rings (SSSR count). The molecule has 1 aliphatic heterocycles. The molecule has 4 nitrogen and oxygen atoms in total. The number of carbonyl (C=O) groups is 2. The van der Waals surface area contributed by atoms with Crippen LogP contribution in [-0.2, 0) is 4.79 Å². The normalized spacial score (nSPS) is 25.3. The van der Waals surface area contributed by atoms with E-state index < -0.39 is 5.54 Å². The van der Waals surface area contributed by atoms with E-state index in [2.05, 4.69) is 5.32 Å². The molecule has 0 bridgehead atoms. The monoisotopic (exact) mass is 210 g/mol. The van der Waals surface area contributed by atoms with E-state index in [4.69, 9.17) is 0 Å². The van der Waals surface area contributed by atoms with Gasteiger partial charge in [0.15, 0.2) is 0 Å². The van der Waals surface area contributed by atoms with Crippen molar-refractivity contribution in [1.29, 1.82) is 0 Å². The van der Waals surface area contributed by atoms with Crippen molar-refractivity contribution in [2.45, 2.75) is 57.5 Å². The molecule has 1 saturated heterocycles. The molecule has 4 heteroatoms. The Morgan fingerprint density at radius 1 is 1.33 bits per heavy atom.